The van der Waals surface area contributed by atoms with Crippen molar-refractivity contribution in [2.45, 2.75) is 25.7 Å². The first-order chi connectivity index (χ1) is 19.9. The first kappa shape index (κ1) is 29.9. The molecule has 0 bridgehead atoms. The molecule has 3 aromatic carbocycles. The molecule has 8 heteroatoms. The van der Waals surface area contributed by atoms with Crippen LogP contribution in [0.25, 0.3) is 0 Å². The molecule has 1 aliphatic rings. The molecule has 0 spiro atoms. The summed E-state index contributed by atoms with van der Waals surface area (Å²) in [5, 5.41) is 6.17. The zero-order valence-electron chi connectivity index (χ0n) is 24.7. The smallest absolute Gasteiger partial charge is 0.253 e. The largest absolute Gasteiger partial charge is 0.495 e. The number of carbonyl (C=O) groups excluding carboxylic acids is 2. The lowest BCUT2D eigenvalue weighted by Crippen LogP contribution is -2.47. The van der Waals surface area contributed by atoms with Crippen molar-refractivity contribution in [2.75, 3.05) is 75.6 Å². The summed E-state index contributed by atoms with van der Waals surface area (Å²) in [6, 6.07) is 23.6. The standard InChI is InChI=1S/C33H43N5O3/c1-5-27(25-12-7-6-8-13-25)33(40)35-26-16-17-29(28(24-26)32(39)34-18-11-19-36(2)3)37-20-22-38(23-21-37)30-14-9-10-15-31(30)41-4/h6-10,12-17,24,27H,5,11,18-23H2,1-4H3,(H,34,39)(H,35,40). The summed E-state index contributed by atoms with van der Waals surface area (Å²) in [5.74, 6) is 0.397. The molecule has 218 valence electrons. The number of piperazine rings is 1. The van der Waals surface area contributed by atoms with Crippen LogP contribution in [-0.2, 0) is 4.79 Å². The molecule has 2 N–H and O–H groups in total. The fourth-order valence-corrected chi connectivity index (χ4v) is 5.33. The molecule has 1 atom stereocenters. The predicted molar refractivity (Wildman–Crippen MR) is 167 cm³/mol. The molecule has 3 aromatic rings. The Morgan fingerprint density at radius 3 is 2.22 bits per heavy atom. The lowest BCUT2D eigenvalue weighted by molar-refractivity contribution is -0.117. The topological polar surface area (TPSA) is 77.1 Å². The number of methoxy groups -OCH3 is 1. The third-order valence-corrected chi connectivity index (χ3v) is 7.55. The van der Waals surface area contributed by atoms with Crippen molar-refractivity contribution in [3.05, 3.63) is 83.9 Å². The van der Waals surface area contributed by atoms with E-state index >= 15 is 0 Å². The maximum Gasteiger partial charge on any atom is 0.253 e. The molecular formula is C33H43N5O3. The van der Waals surface area contributed by atoms with Gasteiger partial charge in [-0.05, 0) is 69.4 Å². The Kier molecular flexibility index (Phi) is 10.6. The number of para-hydroxylation sites is 2. The van der Waals surface area contributed by atoms with E-state index in [1.165, 1.54) is 0 Å². The van der Waals surface area contributed by atoms with Crippen LogP contribution in [-0.4, -0.2) is 77.2 Å². The minimum absolute atomic E-state index is 0.0748. The lowest BCUT2D eigenvalue weighted by Gasteiger charge is -2.38. The van der Waals surface area contributed by atoms with Crippen LogP contribution in [0.2, 0.25) is 0 Å². The van der Waals surface area contributed by atoms with Crippen LogP contribution in [0.4, 0.5) is 17.1 Å². The summed E-state index contributed by atoms with van der Waals surface area (Å²) in [6.07, 6.45) is 1.54. The van der Waals surface area contributed by atoms with Crippen molar-refractivity contribution in [3.8, 4) is 5.75 Å². The monoisotopic (exact) mass is 557 g/mol. The highest BCUT2D eigenvalue weighted by Crippen LogP contribution is 2.31. The van der Waals surface area contributed by atoms with Gasteiger partial charge in [-0.2, -0.15) is 0 Å². The van der Waals surface area contributed by atoms with E-state index in [-0.39, 0.29) is 17.7 Å². The Bertz CT molecular complexity index is 1290. The zero-order chi connectivity index (χ0) is 29.2. The second kappa shape index (κ2) is 14.6. The molecule has 0 saturated carbocycles. The third-order valence-electron chi connectivity index (χ3n) is 7.55. The van der Waals surface area contributed by atoms with Crippen LogP contribution < -0.4 is 25.2 Å². The molecule has 0 aliphatic carbocycles. The van der Waals surface area contributed by atoms with Crippen molar-refractivity contribution >= 4 is 28.9 Å². The van der Waals surface area contributed by atoms with Crippen LogP contribution in [0.5, 0.6) is 5.75 Å². The quantitative estimate of drug-likeness (QED) is 0.311. The number of hydrogen-bond acceptors (Lipinski definition) is 6. The number of amides is 2. The Morgan fingerprint density at radius 1 is 0.902 bits per heavy atom. The van der Waals surface area contributed by atoms with Crippen molar-refractivity contribution in [1.82, 2.24) is 10.2 Å². The summed E-state index contributed by atoms with van der Waals surface area (Å²) >= 11 is 0. The third kappa shape index (κ3) is 7.79. The Hall–Kier alpha value is -4.04. The average molecular weight is 558 g/mol. The highest BCUT2D eigenvalue weighted by Gasteiger charge is 2.25. The maximum atomic E-state index is 13.5. The Morgan fingerprint density at radius 2 is 1.56 bits per heavy atom. The number of ether oxygens (including phenoxy) is 1. The summed E-state index contributed by atoms with van der Waals surface area (Å²) in [7, 11) is 5.74. The van der Waals surface area contributed by atoms with E-state index < -0.39 is 0 Å². The van der Waals surface area contributed by atoms with Gasteiger partial charge in [0.2, 0.25) is 5.91 Å². The number of hydrogen-bond donors (Lipinski definition) is 2. The normalized spacial score (nSPS) is 14.1. The van der Waals surface area contributed by atoms with Crippen LogP contribution in [0.3, 0.4) is 0 Å². The second-order valence-corrected chi connectivity index (χ2v) is 10.7. The van der Waals surface area contributed by atoms with Crippen molar-refractivity contribution in [3.63, 3.8) is 0 Å². The van der Waals surface area contributed by atoms with E-state index in [4.69, 9.17) is 4.74 Å². The van der Waals surface area contributed by atoms with Gasteiger partial charge in [0.15, 0.2) is 0 Å². The first-order valence-electron chi connectivity index (χ1n) is 14.5. The van der Waals surface area contributed by atoms with E-state index in [1.807, 2.05) is 87.7 Å². The molecule has 1 heterocycles. The van der Waals surface area contributed by atoms with Gasteiger partial charge in [-0.1, -0.05) is 49.4 Å². The summed E-state index contributed by atoms with van der Waals surface area (Å²) in [5.41, 5.74) is 4.14. The summed E-state index contributed by atoms with van der Waals surface area (Å²) in [4.78, 5) is 33.4. The van der Waals surface area contributed by atoms with Gasteiger partial charge in [0.1, 0.15) is 5.75 Å². The van der Waals surface area contributed by atoms with Gasteiger partial charge in [0, 0.05) is 44.1 Å². The van der Waals surface area contributed by atoms with Gasteiger partial charge in [0.05, 0.1) is 24.3 Å². The minimum atomic E-state index is -0.262. The van der Waals surface area contributed by atoms with Crippen LogP contribution in [0.15, 0.2) is 72.8 Å². The molecule has 1 fully saturated rings. The molecule has 1 saturated heterocycles. The molecule has 1 unspecified atom stereocenters. The van der Waals surface area contributed by atoms with E-state index in [0.29, 0.717) is 24.2 Å². The predicted octanol–water partition coefficient (Wildman–Crippen LogP) is 4.84. The fraction of sp³-hybridized carbons (Fsp3) is 0.394. The average Bonchev–Trinajstić information content (AvgIpc) is 3.00. The number of benzene rings is 3. The van der Waals surface area contributed by atoms with Crippen LogP contribution in [0.1, 0.15) is 41.6 Å². The van der Waals surface area contributed by atoms with Crippen LogP contribution >= 0.6 is 0 Å². The van der Waals surface area contributed by atoms with Crippen molar-refractivity contribution in [1.29, 1.82) is 0 Å². The number of anilines is 3. The van der Waals surface area contributed by atoms with Gasteiger partial charge in [-0.15, -0.1) is 0 Å². The fourth-order valence-electron chi connectivity index (χ4n) is 5.33. The van der Waals surface area contributed by atoms with E-state index in [2.05, 4.69) is 31.4 Å². The van der Waals surface area contributed by atoms with E-state index in [1.54, 1.807) is 7.11 Å². The number of rotatable bonds is 12. The number of carbonyl (C=O) groups is 2. The van der Waals surface area contributed by atoms with Gasteiger partial charge in [0.25, 0.3) is 5.91 Å². The second-order valence-electron chi connectivity index (χ2n) is 10.7. The summed E-state index contributed by atoms with van der Waals surface area (Å²) < 4.78 is 5.57. The van der Waals surface area contributed by atoms with Gasteiger partial charge >= 0.3 is 0 Å². The molecule has 4 rings (SSSR count). The molecule has 41 heavy (non-hydrogen) atoms. The van der Waals surface area contributed by atoms with Crippen molar-refractivity contribution in [2.24, 2.45) is 0 Å². The Labute approximate surface area is 244 Å². The number of nitrogens with zero attached hydrogens (tertiary/aromatic N) is 3. The lowest BCUT2D eigenvalue weighted by atomic mass is 9.95. The molecule has 0 aromatic heterocycles. The highest BCUT2D eigenvalue weighted by atomic mass is 16.5. The van der Waals surface area contributed by atoms with Gasteiger partial charge in [-0.3, -0.25) is 9.59 Å². The van der Waals surface area contributed by atoms with Crippen LogP contribution in [0, 0.1) is 0 Å². The minimum Gasteiger partial charge on any atom is -0.495 e. The first-order valence-corrected chi connectivity index (χ1v) is 14.5. The van der Waals surface area contributed by atoms with E-state index in [0.717, 1.165) is 61.8 Å². The molecule has 2 amide bonds. The molecule has 8 nitrogen and oxygen atoms in total. The SMILES string of the molecule is CCC(C(=O)Nc1ccc(N2CCN(c3ccccc3OC)CC2)c(C(=O)NCCCN(C)C)c1)c1ccccc1. The van der Waals surface area contributed by atoms with Gasteiger partial charge < -0.3 is 30.1 Å². The Balaban J connectivity index is 1.52. The number of nitrogens with one attached hydrogen (secondary N) is 2. The molecule has 1 aliphatic heterocycles. The van der Waals surface area contributed by atoms with Gasteiger partial charge in [-0.25, -0.2) is 0 Å². The van der Waals surface area contributed by atoms with E-state index in [9.17, 15) is 9.59 Å². The zero-order valence-corrected chi connectivity index (χ0v) is 24.7. The molecular weight excluding hydrogens is 514 g/mol. The molecule has 0 radical (unpaired) electrons. The highest BCUT2D eigenvalue weighted by molar-refractivity contribution is 6.03. The maximum absolute atomic E-state index is 13.5. The van der Waals surface area contributed by atoms with Crippen molar-refractivity contribution < 1.29 is 14.3 Å². The summed E-state index contributed by atoms with van der Waals surface area (Å²) in [6.45, 7) is 6.62.